The van der Waals surface area contributed by atoms with Gasteiger partial charge in [-0.2, -0.15) is 9.97 Å². The SMILES string of the molecule is Nc1cc(-c2ccc3c(N4CC5CCC(C4)N5)nc(OC[C@@]45CCCN4C[C@H](F)C5)nc3c2F)c2c(F)c(F)ccc2c1. The molecule has 0 spiro atoms. The van der Waals surface area contributed by atoms with Gasteiger partial charge in [0.2, 0.25) is 0 Å². The molecular weight excluding hydrogens is 560 g/mol. The molecule has 4 saturated heterocycles. The largest absolute Gasteiger partial charge is 0.461 e. The number of anilines is 2. The molecule has 1 aromatic heterocycles. The average Bonchev–Trinajstić information content (AvgIpc) is 3.63. The third-order valence-electron chi connectivity index (χ3n) is 9.83. The Hall–Kier alpha value is -3.70. The van der Waals surface area contributed by atoms with Gasteiger partial charge in [-0.1, -0.05) is 12.1 Å². The van der Waals surface area contributed by atoms with Crippen molar-refractivity contribution in [3.8, 4) is 17.1 Å². The van der Waals surface area contributed by atoms with E-state index in [0.717, 1.165) is 38.3 Å². The van der Waals surface area contributed by atoms with Gasteiger partial charge in [0, 0.05) is 60.2 Å². The molecule has 11 heteroatoms. The van der Waals surface area contributed by atoms with E-state index < -0.39 is 29.2 Å². The second-order valence-corrected chi connectivity index (χ2v) is 12.6. The van der Waals surface area contributed by atoms with Crippen LogP contribution in [-0.4, -0.2) is 71.4 Å². The number of fused-ring (bicyclic) bond motifs is 5. The fourth-order valence-corrected chi connectivity index (χ4v) is 7.89. The molecule has 5 heterocycles. The summed E-state index contributed by atoms with van der Waals surface area (Å²) in [6.07, 6.45) is 3.37. The maximum Gasteiger partial charge on any atom is 0.319 e. The number of hydrogen-bond acceptors (Lipinski definition) is 7. The van der Waals surface area contributed by atoms with Gasteiger partial charge in [-0.3, -0.25) is 4.90 Å². The summed E-state index contributed by atoms with van der Waals surface area (Å²) in [4.78, 5) is 13.6. The van der Waals surface area contributed by atoms with Gasteiger partial charge in [0.1, 0.15) is 24.1 Å². The Morgan fingerprint density at radius 1 is 0.977 bits per heavy atom. The zero-order chi connectivity index (χ0) is 29.5. The molecule has 4 atom stereocenters. The highest BCUT2D eigenvalue weighted by molar-refractivity contribution is 6.02. The minimum atomic E-state index is -1.07. The van der Waals surface area contributed by atoms with Crippen LogP contribution in [0.15, 0.2) is 36.4 Å². The summed E-state index contributed by atoms with van der Waals surface area (Å²) in [7, 11) is 0. The fourth-order valence-electron chi connectivity index (χ4n) is 7.89. The van der Waals surface area contributed by atoms with Crippen LogP contribution >= 0.6 is 0 Å². The molecule has 2 unspecified atom stereocenters. The lowest BCUT2D eigenvalue weighted by atomic mass is 9.95. The number of halogens is 4. The van der Waals surface area contributed by atoms with Gasteiger partial charge in [-0.05, 0) is 67.4 Å². The first-order chi connectivity index (χ1) is 20.8. The van der Waals surface area contributed by atoms with Gasteiger partial charge >= 0.3 is 6.01 Å². The van der Waals surface area contributed by atoms with Crippen molar-refractivity contribution in [2.75, 3.05) is 43.4 Å². The monoisotopic (exact) mass is 592 g/mol. The highest BCUT2D eigenvalue weighted by atomic mass is 19.2. The van der Waals surface area contributed by atoms with E-state index in [1.807, 2.05) is 0 Å². The number of aromatic nitrogens is 2. The number of nitrogens with one attached hydrogen (secondary N) is 1. The van der Waals surface area contributed by atoms with Crippen molar-refractivity contribution in [2.45, 2.75) is 55.9 Å². The van der Waals surface area contributed by atoms with Crippen molar-refractivity contribution in [1.82, 2.24) is 20.2 Å². The first kappa shape index (κ1) is 26.9. The second-order valence-electron chi connectivity index (χ2n) is 12.6. The number of nitrogens with zero attached hydrogens (tertiary/aromatic N) is 4. The second kappa shape index (κ2) is 9.92. The van der Waals surface area contributed by atoms with Crippen molar-refractivity contribution < 1.29 is 22.3 Å². The summed E-state index contributed by atoms with van der Waals surface area (Å²) in [5.74, 6) is -2.24. The Morgan fingerprint density at radius 2 is 1.79 bits per heavy atom. The molecule has 2 bridgehead atoms. The number of nitrogen functional groups attached to an aromatic ring is 1. The Bertz CT molecular complexity index is 1760. The van der Waals surface area contributed by atoms with Crippen molar-refractivity contribution in [2.24, 2.45) is 0 Å². The number of nitrogens with two attached hydrogens (primary N) is 1. The summed E-state index contributed by atoms with van der Waals surface area (Å²) in [5, 5.41) is 4.41. The third kappa shape index (κ3) is 4.38. The summed E-state index contributed by atoms with van der Waals surface area (Å²) < 4.78 is 66.7. The van der Waals surface area contributed by atoms with Crippen LogP contribution in [0.3, 0.4) is 0 Å². The van der Waals surface area contributed by atoms with E-state index in [1.54, 1.807) is 12.1 Å². The average molecular weight is 593 g/mol. The van der Waals surface area contributed by atoms with Crippen LogP contribution in [0.2, 0.25) is 0 Å². The van der Waals surface area contributed by atoms with Gasteiger partial charge in [0.05, 0.1) is 5.54 Å². The molecule has 0 amide bonds. The van der Waals surface area contributed by atoms with Crippen LogP contribution < -0.4 is 20.7 Å². The number of alkyl halides is 1. The number of benzene rings is 3. The molecule has 0 radical (unpaired) electrons. The fraction of sp³-hybridized carbons (Fsp3) is 0.438. The van der Waals surface area contributed by atoms with Gasteiger partial charge in [-0.15, -0.1) is 0 Å². The van der Waals surface area contributed by atoms with E-state index >= 15 is 8.78 Å². The topological polar surface area (TPSA) is 79.5 Å². The predicted molar refractivity (Wildman–Crippen MR) is 157 cm³/mol. The minimum absolute atomic E-state index is 0.0163. The van der Waals surface area contributed by atoms with E-state index in [4.69, 9.17) is 15.5 Å². The molecule has 3 aromatic carbocycles. The van der Waals surface area contributed by atoms with E-state index in [1.165, 1.54) is 18.2 Å². The van der Waals surface area contributed by atoms with E-state index in [9.17, 15) is 8.78 Å². The molecule has 4 aliphatic heterocycles. The smallest absolute Gasteiger partial charge is 0.319 e. The molecule has 224 valence electrons. The lowest BCUT2D eigenvalue weighted by Gasteiger charge is -2.34. The summed E-state index contributed by atoms with van der Waals surface area (Å²) in [6, 6.07) is 9.34. The highest BCUT2D eigenvalue weighted by Crippen LogP contribution is 2.42. The molecule has 0 saturated carbocycles. The Labute approximate surface area is 246 Å². The molecule has 3 N–H and O–H groups in total. The minimum Gasteiger partial charge on any atom is -0.461 e. The highest BCUT2D eigenvalue weighted by Gasteiger charge is 2.49. The molecule has 7 nitrogen and oxygen atoms in total. The van der Waals surface area contributed by atoms with Crippen LogP contribution in [0.5, 0.6) is 6.01 Å². The van der Waals surface area contributed by atoms with Crippen molar-refractivity contribution in [3.05, 3.63) is 53.8 Å². The Morgan fingerprint density at radius 3 is 2.60 bits per heavy atom. The van der Waals surface area contributed by atoms with Gasteiger partial charge in [-0.25, -0.2) is 17.6 Å². The molecule has 43 heavy (non-hydrogen) atoms. The van der Waals surface area contributed by atoms with Crippen LogP contribution in [0.25, 0.3) is 32.8 Å². The van der Waals surface area contributed by atoms with Crippen LogP contribution in [-0.2, 0) is 0 Å². The lowest BCUT2D eigenvalue weighted by Crippen LogP contribution is -2.51. The number of rotatable bonds is 5. The normalized spacial score (nSPS) is 27.0. The standard InChI is InChI=1S/C32H32F4N6O/c33-18-12-32(8-1-9-42(32)13-18)16-43-31-39-29-23(30(40-31)41-14-20-3-4-21(15-41)38-20)6-5-22(27(29)35)24-11-19(37)10-17-2-7-25(34)28(36)26(17)24/h2,5-7,10-11,18,20-21,38H,1,3-4,8-9,12-16,37H2/t18-,20?,21?,32+/m1/s1. The van der Waals surface area contributed by atoms with Crippen molar-refractivity contribution >= 4 is 33.2 Å². The maximum atomic E-state index is 16.7. The molecule has 8 rings (SSSR count). The Balaban J connectivity index is 1.26. The third-order valence-corrected chi connectivity index (χ3v) is 9.83. The maximum absolute atomic E-state index is 16.7. The van der Waals surface area contributed by atoms with Gasteiger partial charge < -0.3 is 20.7 Å². The molecule has 4 aromatic rings. The Kier molecular flexibility index (Phi) is 6.20. The first-order valence-electron chi connectivity index (χ1n) is 15.0. The van der Waals surface area contributed by atoms with Crippen LogP contribution in [0.1, 0.15) is 32.1 Å². The van der Waals surface area contributed by atoms with Crippen LogP contribution in [0, 0.1) is 17.5 Å². The molecule has 4 fully saturated rings. The number of ether oxygens (including phenoxy) is 1. The first-order valence-corrected chi connectivity index (χ1v) is 15.0. The van der Waals surface area contributed by atoms with Crippen molar-refractivity contribution in [1.29, 1.82) is 0 Å². The summed E-state index contributed by atoms with van der Waals surface area (Å²) >= 11 is 0. The lowest BCUT2D eigenvalue weighted by molar-refractivity contribution is 0.107. The summed E-state index contributed by atoms with van der Waals surface area (Å²) in [5.41, 5.74) is 6.18. The van der Waals surface area contributed by atoms with E-state index in [-0.39, 0.29) is 34.6 Å². The molecule has 0 aliphatic carbocycles. The number of hydrogen-bond donors (Lipinski definition) is 2. The number of piperazine rings is 1. The quantitative estimate of drug-likeness (QED) is 0.239. The van der Waals surface area contributed by atoms with Gasteiger partial charge in [0.25, 0.3) is 0 Å². The van der Waals surface area contributed by atoms with E-state index in [2.05, 4.69) is 20.1 Å². The summed E-state index contributed by atoms with van der Waals surface area (Å²) in [6.45, 7) is 2.82. The van der Waals surface area contributed by atoms with Crippen LogP contribution in [0.4, 0.5) is 29.1 Å². The zero-order valence-electron chi connectivity index (χ0n) is 23.6. The van der Waals surface area contributed by atoms with Crippen molar-refractivity contribution in [3.63, 3.8) is 0 Å². The van der Waals surface area contributed by atoms with Gasteiger partial charge in [0.15, 0.2) is 17.5 Å². The molecular formula is C32H32F4N6O. The van der Waals surface area contributed by atoms with E-state index in [0.29, 0.717) is 60.4 Å². The molecule has 4 aliphatic rings. The zero-order valence-corrected chi connectivity index (χ0v) is 23.6. The predicted octanol–water partition coefficient (Wildman–Crippen LogP) is 5.35.